The number of fused-ring (bicyclic) bond motifs is 1. The molecule has 1 aliphatic heterocycles. The molecule has 0 spiro atoms. The van der Waals surface area contributed by atoms with Gasteiger partial charge in [0.2, 0.25) is 0 Å². The zero-order valence-electron chi connectivity index (χ0n) is 14.5. The lowest BCUT2D eigenvalue weighted by Crippen LogP contribution is -2.43. The smallest absolute Gasteiger partial charge is 0.0369 e. The molecule has 0 saturated carbocycles. The van der Waals surface area contributed by atoms with Gasteiger partial charge in [-0.2, -0.15) is 0 Å². The second-order valence-electron chi connectivity index (χ2n) is 7.24. The van der Waals surface area contributed by atoms with E-state index in [-0.39, 0.29) is 0 Å². The van der Waals surface area contributed by atoms with E-state index in [1.807, 2.05) is 18.5 Å². The fraction of sp³-hybridized carbons (Fsp3) is 0.476. The van der Waals surface area contributed by atoms with Gasteiger partial charge in [0.25, 0.3) is 0 Å². The van der Waals surface area contributed by atoms with Crippen LogP contribution in [0.5, 0.6) is 0 Å². The molecule has 1 atom stereocenters. The van der Waals surface area contributed by atoms with Crippen molar-refractivity contribution in [1.29, 1.82) is 0 Å². The van der Waals surface area contributed by atoms with Crippen LogP contribution in [-0.2, 0) is 12.8 Å². The molecule has 3 heteroatoms. The average Bonchev–Trinajstić information content (AvgIpc) is 3.11. The lowest BCUT2D eigenvalue weighted by Gasteiger charge is -2.35. The number of aromatic nitrogens is 1. The summed E-state index contributed by atoms with van der Waals surface area (Å²) in [4.78, 5) is 6.79. The lowest BCUT2D eigenvalue weighted by molar-refractivity contribution is 0.380. The Morgan fingerprint density at radius 2 is 1.96 bits per heavy atom. The molecule has 2 aliphatic rings. The van der Waals surface area contributed by atoms with Crippen LogP contribution in [0.25, 0.3) is 0 Å². The topological polar surface area (TPSA) is 28.2 Å². The van der Waals surface area contributed by atoms with Crippen LogP contribution in [0, 0.1) is 0 Å². The Morgan fingerprint density at radius 1 is 1.12 bits per heavy atom. The average molecular weight is 321 g/mol. The van der Waals surface area contributed by atoms with Gasteiger partial charge in [0.1, 0.15) is 0 Å². The summed E-state index contributed by atoms with van der Waals surface area (Å²) in [5.41, 5.74) is 5.85. The summed E-state index contributed by atoms with van der Waals surface area (Å²) in [5, 5.41) is 3.78. The van der Waals surface area contributed by atoms with Crippen molar-refractivity contribution in [2.75, 3.05) is 18.0 Å². The lowest BCUT2D eigenvalue weighted by atomic mass is 10.0. The fourth-order valence-electron chi connectivity index (χ4n) is 4.14. The first-order valence-electron chi connectivity index (χ1n) is 9.32. The molecule has 1 unspecified atom stereocenters. The Kier molecular flexibility index (Phi) is 4.52. The van der Waals surface area contributed by atoms with Gasteiger partial charge in [-0.25, -0.2) is 0 Å². The molecular formula is C21H27N3. The number of rotatable bonds is 4. The number of pyridine rings is 1. The number of benzene rings is 1. The van der Waals surface area contributed by atoms with Crippen molar-refractivity contribution >= 4 is 5.69 Å². The standard InChI is InChI=1S/C21H27N3/c1-16(19-6-3-11-22-15-19)23-20-9-12-24(13-10-20)21-8-7-17-4-2-5-18(17)14-21/h3,6-8,11,14-16,20,23H,2,4-5,9-10,12-13H2,1H3. The summed E-state index contributed by atoms with van der Waals surface area (Å²) in [6, 6.07) is 12.3. The summed E-state index contributed by atoms with van der Waals surface area (Å²) in [7, 11) is 0. The van der Waals surface area contributed by atoms with E-state index in [1.54, 1.807) is 11.1 Å². The SMILES string of the molecule is CC(NC1CCN(c2ccc3c(c2)CCC3)CC1)c1cccnc1. The van der Waals surface area contributed by atoms with Crippen molar-refractivity contribution in [3.8, 4) is 0 Å². The van der Waals surface area contributed by atoms with Crippen molar-refractivity contribution in [3.05, 3.63) is 59.4 Å². The molecule has 3 nitrogen and oxygen atoms in total. The Bertz CT molecular complexity index is 675. The van der Waals surface area contributed by atoms with Crippen molar-refractivity contribution < 1.29 is 0 Å². The maximum absolute atomic E-state index is 4.23. The molecule has 1 aromatic heterocycles. The third-order valence-electron chi connectivity index (χ3n) is 5.61. The van der Waals surface area contributed by atoms with E-state index in [2.05, 4.69) is 46.4 Å². The van der Waals surface area contributed by atoms with Crippen LogP contribution in [0.15, 0.2) is 42.7 Å². The highest BCUT2D eigenvalue weighted by molar-refractivity contribution is 5.52. The molecule has 0 amide bonds. The van der Waals surface area contributed by atoms with Crippen LogP contribution in [0.2, 0.25) is 0 Å². The Labute approximate surface area is 145 Å². The molecule has 1 fully saturated rings. The van der Waals surface area contributed by atoms with E-state index in [0.29, 0.717) is 12.1 Å². The van der Waals surface area contributed by atoms with E-state index in [4.69, 9.17) is 0 Å². The number of anilines is 1. The molecule has 1 saturated heterocycles. The van der Waals surface area contributed by atoms with Crippen molar-refractivity contribution in [2.45, 2.75) is 51.1 Å². The number of piperidine rings is 1. The van der Waals surface area contributed by atoms with E-state index < -0.39 is 0 Å². The molecule has 1 N–H and O–H groups in total. The highest BCUT2D eigenvalue weighted by Gasteiger charge is 2.22. The van der Waals surface area contributed by atoms with Gasteiger partial charge in [0.05, 0.1) is 0 Å². The number of hydrogen-bond acceptors (Lipinski definition) is 3. The predicted molar refractivity (Wildman–Crippen MR) is 99.5 cm³/mol. The third kappa shape index (κ3) is 3.32. The number of aryl methyl sites for hydroxylation is 2. The molecule has 2 heterocycles. The molecule has 0 radical (unpaired) electrons. The molecule has 24 heavy (non-hydrogen) atoms. The van der Waals surface area contributed by atoms with Gasteiger partial charge in [-0.05, 0) is 73.9 Å². The molecule has 2 aromatic rings. The largest absolute Gasteiger partial charge is 0.371 e. The first-order chi connectivity index (χ1) is 11.8. The van der Waals surface area contributed by atoms with Gasteiger partial charge < -0.3 is 10.2 Å². The minimum absolute atomic E-state index is 0.371. The molecular weight excluding hydrogens is 294 g/mol. The van der Waals surface area contributed by atoms with E-state index in [0.717, 1.165) is 13.1 Å². The number of nitrogens with zero attached hydrogens (tertiary/aromatic N) is 2. The van der Waals surface area contributed by atoms with E-state index in [9.17, 15) is 0 Å². The highest BCUT2D eigenvalue weighted by Crippen LogP contribution is 2.28. The van der Waals surface area contributed by atoms with Gasteiger partial charge >= 0.3 is 0 Å². The first-order valence-corrected chi connectivity index (χ1v) is 9.32. The summed E-state index contributed by atoms with van der Waals surface area (Å²) < 4.78 is 0. The second-order valence-corrected chi connectivity index (χ2v) is 7.24. The van der Waals surface area contributed by atoms with E-state index >= 15 is 0 Å². The van der Waals surface area contributed by atoms with Crippen LogP contribution in [0.3, 0.4) is 0 Å². The maximum Gasteiger partial charge on any atom is 0.0369 e. The van der Waals surface area contributed by atoms with Gasteiger partial charge in [0.15, 0.2) is 0 Å². The highest BCUT2D eigenvalue weighted by atomic mass is 15.1. The summed E-state index contributed by atoms with van der Waals surface area (Å²) in [5.74, 6) is 0. The van der Waals surface area contributed by atoms with Crippen LogP contribution in [0.4, 0.5) is 5.69 Å². The number of hydrogen-bond donors (Lipinski definition) is 1. The molecule has 126 valence electrons. The van der Waals surface area contributed by atoms with Gasteiger partial charge in [-0.15, -0.1) is 0 Å². The van der Waals surface area contributed by atoms with Gasteiger partial charge in [0, 0.05) is 43.3 Å². The third-order valence-corrected chi connectivity index (χ3v) is 5.61. The normalized spacial score (nSPS) is 19.3. The second kappa shape index (κ2) is 6.94. The number of nitrogens with one attached hydrogen (secondary N) is 1. The summed E-state index contributed by atoms with van der Waals surface area (Å²) in [6.45, 7) is 4.54. The monoisotopic (exact) mass is 321 g/mol. The molecule has 4 rings (SSSR count). The van der Waals surface area contributed by atoms with Crippen molar-refractivity contribution in [3.63, 3.8) is 0 Å². The zero-order chi connectivity index (χ0) is 16.4. The molecule has 0 bridgehead atoms. The van der Waals surface area contributed by atoms with Crippen LogP contribution in [0.1, 0.15) is 48.9 Å². The van der Waals surface area contributed by atoms with Crippen molar-refractivity contribution in [2.24, 2.45) is 0 Å². The van der Waals surface area contributed by atoms with Crippen LogP contribution in [-0.4, -0.2) is 24.1 Å². The Morgan fingerprint density at radius 3 is 2.75 bits per heavy atom. The summed E-state index contributed by atoms with van der Waals surface area (Å²) in [6.07, 6.45) is 10.1. The van der Waals surface area contributed by atoms with Crippen molar-refractivity contribution in [1.82, 2.24) is 10.3 Å². The quantitative estimate of drug-likeness (QED) is 0.926. The molecule has 1 aromatic carbocycles. The van der Waals surface area contributed by atoms with E-state index in [1.165, 1.54) is 43.4 Å². The Hall–Kier alpha value is -1.87. The Balaban J connectivity index is 1.33. The maximum atomic E-state index is 4.23. The molecule has 1 aliphatic carbocycles. The van der Waals surface area contributed by atoms with Gasteiger partial charge in [-0.3, -0.25) is 4.98 Å². The first kappa shape index (κ1) is 15.6. The van der Waals surface area contributed by atoms with Crippen LogP contribution < -0.4 is 10.2 Å². The minimum atomic E-state index is 0.371. The predicted octanol–water partition coefficient (Wildman–Crippen LogP) is 3.89. The van der Waals surface area contributed by atoms with Gasteiger partial charge in [-0.1, -0.05) is 12.1 Å². The summed E-state index contributed by atoms with van der Waals surface area (Å²) >= 11 is 0. The zero-order valence-corrected chi connectivity index (χ0v) is 14.5. The minimum Gasteiger partial charge on any atom is -0.371 e. The van der Waals surface area contributed by atoms with Crippen LogP contribution >= 0.6 is 0 Å². The fourth-order valence-corrected chi connectivity index (χ4v) is 4.14.